The molecule has 3 nitrogen and oxygen atoms in total. The Hall–Kier alpha value is -1.42. The van der Waals surface area contributed by atoms with Crippen molar-refractivity contribution in [2.24, 2.45) is 0 Å². The number of amides is 1. The summed E-state index contributed by atoms with van der Waals surface area (Å²) in [5, 5.41) is 0. The number of likely N-dealkylation sites (N-methyl/N-ethyl adjacent to an activating group) is 1. The number of rotatable bonds is 3. The molecule has 1 heterocycles. The second-order valence-electron chi connectivity index (χ2n) is 5.52. The molecule has 1 saturated heterocycles. The Morgan fingerprint density at radius 1 is 1.47 bits per heavy atom. The van der Waals surface area contributed by atoms with E-state index < -0.39 is 0 Å². The van der Waals surface area contributed by atoms with Crippen LogP contribution in [-0.4, -0.2) is 48.9 Å². The molecule has 0 saturated carbocycles. The number of aryl methyl sites for hydroxylation is 1. The summed E-state index contributed by atoms with van der Waals surface area (Å²) in [4.78, 5) is 16.5. The van der Waals surface area contributed by atoms with Gasteiger partial charge in [0.1, 0.15) is 5.82 Å². The summed E-state index contributed by atoms with van der Waals surface area (Å²) < 4.78 is 13.3. The second kappa shape index (κ2) is 5.70. The largest absolute Gasteiger partial charge is 0.334 e. The highest BCUT2D eigenvalue weighted by Crippen LogP contribution is 2.21. The summed E-state index contributed by atoms with van der Waals surface area (Å²) in [6.45, 7) is 3.37. The highest BCUT2D eigenvalue weighted by molar-refractivity contribution is 5.94. The third-order valence-electron chi connectivity index (χ3n) is 3.62. The third-order valence-corrected chi connectivity index (χ3v) is 3.62. The van der Waals surface area contributed by atoms with E-state index in [1.165, 1.54) is 6.07 Å². The lowest BCUT2D eigenvalue weighted by atomic mass is 10.1. The number of benzene rings is 1. The fourth-order valence-electron chi connectivity index (χ4n) is 2.66. The maximum atomic E-state index is 13.3. The Morgan fingerprint density at radius 3 is 2.84 bits per heavy atom. The Labute approximate surface area is 114 Å². The molecule has 2 rings (SSSR count). The monoisotopic (exact) mass is 264 g/mol. The number of halogens is 1. The zero-order chi connectivity index (χ0) is 14.0. The summed E-state index contributed by atoms with van der Waals surface area (Å²) in [6.07, 6.45) is 2.09. The highest BCUT2D eigenvalue weighted by atomic mass is 19.1. The lowest BCUT2D eigenvalue weighted by molar-refractivity contribution is 0.0716. The van der Waals surface area contributed by atoms with Crippen LogP contribution in [0.4, 0.5) is 4.39 Å². The molecule has 0 bridgehead atoms. The molecule has 1 atom stereocenters. The van der Waals surface area contributed by atoms with Crippen molar-refractivity contribution in [2.45, 2.75) is 25.8 Å². The highest BCUT2D eigenvalue weighted by Gasteiger charge is 2.29. The van der Waals surface area contributed by atoms with Crippen LogP contribution in [0.25, 0.3) is 0 Å². The van der Waals surface area contributed by atoms with Crippen molar-refractivity contribution < 1.29 is 9.18 Å². The van der Waals surface area contributed by atoms with Crippen LogP contribution in [0.2, 0.25) is 0 Å². The molecule has 1 aliphatic heterocycles. The molecule has 0 N–H and O–H groups in total. The maximum Gasteiger partial charge on any atom is 0.254 e. The molecule has 1 fully saturated rings. The number of carbonyl (C=O) groups excluding carboxylic acids is 1. The van der Waals surface area contributed by atoms with E-state index >= 15 is 0 Å². The number of hydrogen-bond acceptors (Lipinski definition) is 2. The maximum absolute atomic E-state index is 13.3. The minimum atomic E-state index is -0.261. The number of hydrogen-bond donors (Lipinski definition) is 0. The molecule has 0 spiro atoms. The van der Waals surface area contributed by atoms with Crippen molar-refractivity contribution in [1.29, 1.82) is 0 Å². The van der Waals surface area contributed by atoms with Gasteiger partial charge in [-0.2, -0.15) is 0 Å². The first-order chi connectivity index (χ1) is 8.99. The molecule has 1 aliphatic rings. The quantitative estimate of drug-likeness (QED) is 0.836. The van der Waals surface area contributed by atoms with Crippen LogP contribution in [0.3, 0.4) is 0 Å². The van der Waals surface area contributed by atoms with Crippen LogP contribution in [0, 0.1) is 12.7 Å². The molecule has 0 aromatic heterocycles. The third kappa shape index (κ3) is 3.13. The van der Waals surface area contributed by atoms with E-state index in [4.69, 9.17) is 0 Å². The van der Waals surface area contributed by atoms with Crippen molar-refractivity contribution in [3.8, 4) is 0 Å². The molecule has 1 unspecified atom stereocenters. The van der Waals surface area contributed by atoms with Crippen LogP contribution in [-0.2, 0) is 0 Å². The van der Waals surface area contributed by atoms with Gasteiger partial charge in [-0.25, -0.2) is 4.39 Å². The van der Waals surface area contributed by atoms with E-state index in [1.807, 2.05) is 19.0 Å². The number of likely N-dealkylation sites (tertiary alicyclic amines) is 1. The van der Waals surface area contributed by atoms with Gasteiger partial charge in [-0.1, -0.05) is 0 Å². The predicted molar refractivity (Wildman–Crippen MR) is 73.7 cm³/mol. The molecule has 104 valence electrons. The first-order valence-electron chi connectivity index (χ1n) is 6.71. The summed E-state index contributed by atoms with van der Waals surface area (Å²) >= 11 is 0. The fourth-order valence-corrected chi connectivity index (χ4v) is 2.66. The van der Waals surface area contributed by atoms with Crippen LogP contribution < -0.4 is 0 Å². The van der Waals surface area contributed by atoms with E-state index in [-0.39, 0.29) is 17.8 Å². The van der Waals surface area contributed by atoms with Gasteiger partial charge in [0.15, 0.2) is 0 Å². The van der Waals surface area contributed by atoms with Crippen molar-refractivity contribution >= 4 is 5.91 Å². The molecule has 0 radical (unpaired) electrons. The molecular weight excluding hydrogens is 243 g/mol. The number of nitrogens with zero attached hydrogens (tertiary/aromatic N) is 2. The van der Waals surface area contributed by atoms with Gasteiger partial charge in [0, 0.05) is 24.7 Å². The Kier molecular flexibility index (Phi) is 4.20. The summed E-state index contributed by atoms with van der Waals surface area (Å²) in [6, 6.07) is 4.87. The van der Waals surface area contributed by atoms with Gasteiger partial charge in [0.05, 0.1) is 0 Å². The van der Waals surface area contributed by atoms with Crippen LogP contribution in [0.15, 0.2) is 18.2 Å². The van der Waals surface area contributed by atoms with E-state index in [2.05, 4.69) is 4.90 Å². The fraction of sp³-hybridized carbons (Fsp3) is 0.533. The lowest BCUT2D eigenvalue weighted by Crippen LogP contribution is -2.41. The first-order valence-corrected chi connectivity index (χ1v) is 6.71. The molecule has 1 aromatic carbocycles. The first kappa shape index (κ1) is 14.0. The zero-order valence-electron chi connectivity index (χ0n) is 11.8. The van der Waals surface area contributed by atoms with Gasteiger partial charge in [-0.15, -0.1) is 0 Å². The van der Waals surface area contributed by atoms with Gasteiger partial charge in [0.2, 0.25) is 0 Å². The van der Waals surface area contributed by atoms with Crippen LogP contribution in [0.5, 0.6) is 0 Å². The summed E-state index contributed by atoms with van der Waals surface area (Å²) in [5.41, 5.74) is 1.11. The van der Waals surface area contributed by atoms with Crippen LogP contribution in [0.1, 0.15) is 28.8 Å². The van der Waals surface area contributed by atoms with Gasteiger partial charge in [-0.05, 0) is 57.6 Å². The van der Waals surface area contributed by atoms with Crippen LogP contribution >= 0.6 is 0 Å². The standard InChI is InChI=1S/C15H21FN2O/c1-11-9-12(6-7-14(11)16)15(19)18-8-4-5-13(18)10-17(2)3/h6-7,9,13H,4-5,8,10H2,1-3H3. The Bertz CT molecular complexity index is 473. The smallest absolute Gasteiger partial charge is 0.254 e. The van der Waals surface area contributed by atoms with Gasteiger partial charge in [0.25, 0.3) is 5.91 Å². The Morgan fingerprint density at radius 2 is 2.21 bits per heavy atom. The molecule has 0 aliphatic carbocycles. The minimum absolute atomic E-state index is 0.0208. The van der Waals surface area contributed by atoms with E-state index in [0.29, 0.717) is 11.1 Å². The minimum Gasteiger partial charge on any atom is -0.334 e. The molecule has 1 aromatic rings. The van der Waals surface area contributed by atoms with Gasteiger partial charge < -0.3 is 9.80 Å². The average Bonchev–Trinajstić information content (AvgIpc) is 2.79. The van der Waals surface area contributed by atoms with Crippen molar-refractivity contribution in [3.05, 3.63) is 35.1 Å². The van der Waals surface area contributed by atoms with E-state index in [1.54, 1.807) is 19.1 Å². The van der Waals surface area contributed by atoms with E-state index in [9.17, 15) is 9.18 Å². The van der Waals surface area contributed by atoms with Gasteiger partial charge >= 0.3 is 0 Å². The SMILES string of the molecule is Cc1cc(C(=O)N2CCCC2CN(C)C)ccc1F. The van der Waals surface area contributed by atoms with Crippen molar-refractivity contribution in [1.82, 2.24) is 9.80 Å². The molecule has 4 heteroatoms. The normalized spacial score (nSPS) is 19.2. The number of carbonyl (C=O) groups is 1. The molecule has 1 amide bonds. The Balaban J connectivity index is 2.16. The lowest BCUT2D eigenvalue weighted by Gasteiger charge is -2.27. The topological polar surface area (TPSA) is 23.6 Å². The van der Waals surface area contributed by atoms with Crippen molar-refractivity contribution in [3.63, 3.8) is 0 Å². The summed E-state index contributed by atoms with van der Waals surface area (Å²) in [5.74, 6) is -0.240. The van der Waals surface area contributed by atoms with E-state index in [0.717, 1.165) is 25.9 Å². The average molecular weight is 264 g/mol. The summed E-state index contributed by atoms with van der Waals surface area (Å²) in [7, 11) is 4.03. The predicted octanol–water partition coefficient (Wildman–Crippen LogP) is 2.30. The van der Waals surface area contributed by atoms with Crippen molar-refractivity contribution in [2.75, 3.05) is 27.2 Å². The van der Waals surface area contributed by atoms with Gasteiger partial charge in [-0.3, -0.25) is 4.79 Å². The second-order valence-corrected chi connectivity index (χ2v) is 5.52. The molecular formula is C15H21FN2O. The zero-order valence-corrected chi connectivity index (χ0v) is 11.8. The molecule has 19 heavy (non-hydrogen) atoms.